The monoisotopic (exact) mass is 503 g/mol. The van der Waals surface area contributed by atoms with Crippen LogP contribution in [0.15, 0.2) is 72.0 Å². The molecule has 0 aromatic heterocycles. The summed E-state index contributed by atoms with van der Waals surface area (Å²) >= 11 is 4.90. The van der Waals surface area contributed by atoms with Crippen molar-refractivity contribution in [2.45, 2.75) is 43.8 Å². The van der Waals surface area contributed by atoms with Crippen LogP contribution in [0.1, 0.15) is 38.8 Å². The van der Waals surface area contributed by atoms with Gasteiger partial charge >= 0.3 is 0 Å². The predicted octanol–water partition coefficient (Wildman–Crippen LogP) is 4.15. The second-order valence-electron chi connectivity index (χ2n) is 10.9. The standard InChI is InChI=1S/C30H34N2O3S/c1-29(2)21-9-5-7-11-23(21)31(13-15-33)25(29)17-19-27(35)20(28(19)36)18-26-30(3,4)22-10-6-8-12-24(22)32(26)14-16-34/h5-12,17-19,28,33-34H,13-16H2,1-4H3/p+1/b20-18-,25-17-. The molecule has 5 nitrogen and oxygen atoms in total. The number of thiol groups is 1. The van der Waals surface area contributed by atoms with Crippen molar-refractivity contribution in [1.82, 2.24) is 0 Å². The van der Waals surface area contributed by atoms with Crippen LogP contribution in [0, 0.1) is 5.92 Å². The zero-order chi connectivity index (χ0) is 25.8. The molecule has 2 aromatic carbocycles. The van der Waals surface area contributed by atoms with Gasteiger partial charge in [0.1, 0.15) is 6.61 Å². The van der Waals surface area contributed by atoms with E-state index in [9.17, 15) is 15.0 Å². The summed E-state index contributed by atoms with van der Waals surface area (Å²) in [6.45, 7) is 9.68. The molecule has 2 aliphatic heterocycles. The molecule has 2 aromatic rings. The second kappa shape index (κ2) is 9.02. The first-order chi connectivity index (χ1) is 17.1. The van der Waals surface area contributed by atoms with Gasteiger partial charge in [-0.05, 0) is 25.5 Å². The van der Waals surface area contributed by atoms with Gasteiger partial charge in [0.25, 0.3) is 0 Å². The first-order valence-corrected chi connectivity index (χ1v) is 13.2. The zero-order valence-electron chi connectivity index (χ0n) is 21.4. The van der Waals surface area contributed by atoms with Gasteiger partial charge in [0, 0.05) is 51.9 Å². The molecule has 2 N–H and O–H groups in total. The van der Waals surface area contributed by atoms with Gasteiger partial charge in [0.15, 0.2) is 18.0 Å². The van der Waals surface area contributed by atoms with Crippen molar-refractivity contribution >= 4 is 35.5 Å². The third kappa shape index (κ3) is 3.61. The van der Waals surface area contributed by atoms with Crippen LogP contribution in [0.3, 0.4) is 0 Å². The van der Waals surface area contributed by atoms with Gasteiger partial charge in [-0.1, -0.05) is 56.3 Å². The van der Waals surface area contributed by atoms with Gasteiger partial charge in [-0.2, -0.15) is 17.2 Å². The minimum Gasteiger partial charge on any atom is -0.395 e. The summed E-state index contributed by atoms with van der Waals surface area (Å²) in [7, 11) is 0. The molecule has 2 heterocycles. The number of hydrogen-bond acceptors (Lipinski definition) is 5. The maximum Gasteiger partial charge on any atom is 0.209 e. The van der Waals surface area contributed by atoms with E-state index in [-0.39, 0.29) is 41.0 Å². The summed E-state index contributed by atoms with van der Waals surface area (Å²) in [5, 5.41) is 19.3. The van der Waals surface area contributed by atoms with E-state index in [4.69, 9.17) is 12.6 Å². The molecule has 0 saturated heterocycles. The van der Waals surface area contributed by atoms with E-state index in [1.54, 1.807) is 0 Å². The number of anilines is 1. The molecule has 0 bridgehead atoms. The van der Waals surface area contributed by atoms with E-state index < -0.39 is 0 Å². The van der Waals surface area contributed by atoms with Crippen molar-refractivity contribution in [3.05, 3.63) is 83.1 Å². The summed E-state index contributed by atoms with van der Waals surface area (Å²) in [6.07, 6.45) is 4.07. The molecular formula is C30H35N2O3S+. The van der Waals surface area contributed by atoms with Gasteiger partial charge in [0.2, 0.25) is 5.69 Å². The van der Waals surface area contributed by atoms with Gasteiger partial charge in [-0.25, -0.2) is 0 Å². The Morgan fingerprint density at radius 3 is 2.31 bits per heavy atom. The summed E-state index contributed by atoms with van der Waals surface area (Å²) in [6, 6.07) is 16.5. The topological polar surface area (TPSA) is 63.8 Å². The number of Topliss-reactive ketones (excluding diaryl/α,β-unsaturated/α-hetero) is 1. The number of benzene rings is 2. The number of nitrogens with zero attached hydrogens (tertiary/aromatic N) is 2. The van der Waals surface area contributed by atoms with Crippen LogP contribution in [0.2, 0.25) is 0 Å². The molecule has 2 atom stereocenters. The first kappa shape index (κ1) is 25.0. The van der Waals surface area contributed by atoms with Crippen molar-refractivity contribution in [2.75, 3.05) is 31.2 Å². The lowest BCUT2D eigenvalue weighted by Gasteiger charge is -2.36. The van der Waals surface area contributed by atoms with E-state index in [1.165, 1.54) is 11.1 Å². The number of aliphatic hydroxyl groups excluding tert-OH is 2. The molecule has 36 heavy (non-hydrogen) atoms. The van der Waals surface area contributed by atoms with E-state index in [2.05, 4.69) is 67.5 Å². The SMILES string of the molecule is CC1(C)C(/C=C2/C(=O)C(/C=C3\N(CCO)c4ccccc4C3(C)C)C2S)=[N+](CCO)c2ccccc21. The number of carbonyl (C=O) groups excluding carboxylic acids is 1. The summed E-state index contributed by atoms with van der Waals surface area (Å²) in [5.74, 6) is -0.246. The summed E-state index contributed by atoms with van der Waals surface area (Å²) < 4.78 is 2.13. The minimum absolute atomic E-state index is 0.0282. The lowest BCUT2D eigenvalue weighted by molar-refractivity contribution is -0.441. The van der Waals surface area contributed by atoms with E-state index in [1.807, 2.05) is 30.3 Å². The van der Waals surface area contributed by atoms with Crippen LogP contribution in [0.4, 0.5) is 11.4 Å². The highest BCUT2D eigenvalue weighted by molar-refractivity contribution is 7.81. The van der Waals surface area contributed by atoms with Crippen LogP contribution in [-0.2, 0) is 15.6 Å². The lowest BCUT2D eigenvalue weighted by atomic mass is 9.72. The normalized spacial score (nSPS) is 26.0. The second-order valence-corrected chi connectivity index (χ2v) is 11.5. The third-order valence-corrected chi connectivity index (χ3v) is 8.72. The quantitative estimate of drug-likeness (QED) is 0.315. The fraction of sp³-hybridized carbons (Fsp3) is 0.400. The fourth-order valence-electron chi connectivity index (χ4n) is 6.14. The maximum atomic E-state index is 13.5. The average molecular weight is 504 g/mol. The zero-order valence-corrected chi connectivity index (χ0v) is 22.3. The average Bonchev–Trinajstić information content (AvgIpc) is 3.20. The Morgan fingerprint density at radius 1 is 0.972 bits per heavy atom. The minimum atomic E-state index is -0.330. The number of carbonyl (C=O) groups is 1. The molecule has 0 radical (unpaired) electrons. The molecule has 1 saturated carbocycles. The third-order valence-electron chi connectivity index (χ3n) is 8.12. The molecule has 2 unspecified atom stereocenters. The Hall–Kier alpha value is -2.67. The number of ketones is 1. The maximum absolute atomic E-state index is 13.5. The molecular weight excluding hydrogens is 468 g/mol. The Kier molecular flexibility index (Phi) is 6.26. The lowest BCUT2D eigenvalue weighted by Crippen LogP contribution is -2.43. The predicted molar refractivity (Wildman–Crippen MR) is 148 cm³/mol. The van der Waals surface area contributed by atoms with Gasteiger partial charge < -0.3 is 15.1 Å². The number of rotatable bonds is 6. The van der Waals surface area contributed by atoms with Crippen LogP contribution in [0.25, 0.3) is 0 Å². The highest BCUT2D eigenvalue weighted by Crippen LogP contribution is 2.49. The Labute approximate surface area is 218 Å². The Bertz CT molecular complexity index is 1320. The summed E-state index contributed by atoms with van der Waals surface area (Å²) in [5.41, 5.74) is 6.75. The van der Waals surface area contributed by atoms with Crippen LogP contribution in [0.5, 0.6) is 0 Å². The van der Waals surface area contributed by atoms with E-state index >= 15 is 0 Å². The van der Waals surface area contributed by atoms with Gasteiger partial charge in [0.05, 0.1) is 17.9 Å². The van der Waals surface area contributed by atoms with Crippen LogP contribution < -0.4 is 4.90 Å². The van der Waals surface area contributed by atoms with E-state index in [0.29, 0.717) is 18.7 Å². The van der Waals surface area contributed by atoms with Crippen molar-refractivity contribution in [1.29, 1.82) is 0 Å². The summed E-state index contributed by atoms with van der Waals surface area (Å²) in [4.78, 5) is 15.7. The van der Waals surface area contributed by atoms with Gasteiger partial charge in [-0.3, -0.25) is 4.79 Å². The van der Waals surface area contributed by atoms with Crippen molar-refractivity contribution in [2.24, 2.45) is 5.92 Å². The van der Waals surface area contributed by atoms with Crippen molar-refractivity contribution in [3.8, 4) is 0 Å². The number of aliphatic hydroxyl groups is 2. The first-order valence-electron chi connectivity index (χ1n) is 12.6. The number of hydrogen-bond donors (Lipinski definition) is 3. The van der Waals surface area contributed by atoms with Crippen molar-refractivity contribution in [3.63, 3.8) is 0 Å². The molecule has 0 amide bonds. The van der Waals surface area contributed by atoms with Gasteiger partial charge in [-0.15, -0.1) is 0 Å². The molecule has 0 spiro atoms. The highest BCUT2D eigenvalue weighted by atomic mass is 32.1. The van der Waals surface area contributed by atoms with Crippen LogP contribution in [-0.4, -0.2) is 57.8 Å². The van der Waals surface area contributed by atoms with E-state index in [0.717, 1.165) is 22.8 Å². The number of allylic oxidation sites excluding steroid dienone is 3. The molecule has 1 aliphatic carbocycles. The number of fused-ring (bicyclic) bond motifs is 2. The Morgan fingerprint density at radius 2 is 1.64 bits per heavy atom. The molecule has 1 fully saturated rings. The highest BCUT2D eigenvalue weighted by Gasteiger charge is 2.49. The molecule has 5 rings (SSSR count). The Balaban J connectivity index is 1.51. The molecule has 6 heteroatoms. The number of β-amino-alcohol motifs (C(OH)–C–C–N with tert-alkyl or cyclic N) is 2. The molecule has 188 valence electrons. The van der Waals surface area contributed by atoms with Crippen LogP contribution >= 0.6 is 12.6 Å². The number of para-hydroxylation sites is 2. The molecule has 3 aliphatic rings. The smallest absolute Gasteiger partial charge is 0.209 e. The fourth-order valence-corrected chi connectivity index (χ4v) is 6.57. The largest absolute Gasteiger partial charge is 0.395 e. The van der Waals surface area contributed by atoms with Crippen molar-refractivity contribution < 1.29 is 19.6 Å².